The molecule has 2 nitrogen and oxygen atoms in total. The molecule has 2 aromatic rings. The Morgan fingerprint density at radius 1 is 1.27 bits per heavy atom. The van der Waals surface area contributed by atoms with Crippen molar-refractivity contribution in [2.75, 3.05) is 0 Å². The Morgan fingerprint density at radius 2 is 2.20 bits per heavy atom. The van der Waals surface area contributed by atoms with Crippen LogP contribution in [0.4, 0.5) is 0 Å². The molecule has 0 bridgehead atoms. The summed E-state index contributed by atoms with van der Waals surface area (Å²) in [4.78, 5) is 0. The molecular formula is C12H11NOS. The van der Waals surface area contributed by atoms with Crippen molar-refractivity contribution in [3.8, 4) is 0 Å². The van der Waals surface area contributed by atoms with Crippen molar-refractivity contribution in [3.63, 3.8) is 0 Å². The zero-order valence-corrected chi connectivity index (χ0v) is 9.01. The number of fused-ring (bicyclic) bond motifs is 2. The van der Waals surface area contributed by atoms with Gasteiger partial charge in [0.25, 0.3) is 0 Å². The van der Waals surface area contributed by atoms with Crippen LogP contribution < -0.4 is 0 Å². The largest absolute Gasteiger partial charge is 0.458 e. The molecule has 1 aliphatic carbocycles. The number of H-pyrrole nitrogens is 1. The first-order chi connectivity index (χ1) is 7.43. The Kier molecular flexibility index (Phi) is 2.10. The highest BCUT2D eigenvalue weighted by Crippen LogP contribution is 2.22. The first-order valence-corrected chi connectivity index (χ1v) is 5.84. The number of aromatic nitrogens is 1. The minimum atomic E-state index is 0.954. The molecule has 0 amide bonds. The van der Waals surface area contributed by atoms with Gasteiger partial charge in [0.2, 0.25) is 0 Å². The van der Waals surface area contributed by atoms with E-state index in [2.05, 4.69) is 22.6 Å². The predicted molar refractivity (Wildman–Crippen MR) is 63.4 cm³/mol. The van der Waals surface area contributed by atoms with Crippen molar-refractivity contribution in [1.29, 1.82) is 0 Å². The second-order valence-corrected chi connectivity index (χ2v) is 4.38. The van der Waals surface area contributed by atoms with Gasteiger partial charge in [-0.3, -0.25) is 0 Å². The van der Waals surface area contributed by atoms with Gasteiger partial charge in [0.15, 0.2) is 0 Å². The average molecular weight is 217 g/mol. The van der Waals surface area contributed by atoms with Crippen LogP contribution in [0.3, 0.4) is 0 Å². The first kappa shape index (κ1) is 8.80. The smallest absolute Gasteiger partial charge is 0.145 e. The fourth-order valence-corrected chi connectivity index (χ4v) is 2.46. The summed E-state index contributed by atoms with van der Waals surface area (Å²) in [6, 6.07) is 8.11. The molecule has 76 valence electrons. The fourth-order valence-electron chi connectivity index (χ4n) is 1.70. The number of aromatic amines is 1. The molecule has 0 atom stereocenters. The number of allylic oxidation sites excluding steroid dienone is 1. The van der Waals surface area contributed by atoms with Crippen molar-refractivity contribution >= 4 is 27.9 Å². The SMILES string of the molecule is C1=Cc2[nH]sc3ccccc3oc2CC1. The van der Waals surface area contributed by atoms with Crippen LogP contribution in [0.15, 0.2) is 34.8 Å². The summed E-state index contributed by atoms with van der Waals surface area (Å²) in [5, 5.41) is 0. The van der Waals surface area contributed by atoms with Gasteiger partial charge in [-0.1, -0.05) is 29.7 Å². The minimum absolute atomic E-state index is 0.954. The lowest BCUT2D eigenvalue weighted by atomic mass is 10.1. The summed E-state index contributed by atoms with van der Waals surface area (Å²) in [6.45, 7) is 0. The maximum Gasteiger partial charge on any atom is 0.145 e. The Morgan fingerprint density at radius 3 is 3.20 bits per heavy atom. The van der Waals surface area contributed by atoms with E-state index in [1.54, 1.807) is 11.5 Å². The number of rotatable bonds is 0. The molecule has 15 heavy (non-hydrogen) atoms. The van der Waals surface area contributed by atoms with Crippen LogP contribution in [-0.4, -0.2) is 4.37 Å². The minimum Gasteiger partial charge on any atom is -0.458 e. The first-order valence-electron chi connectivity index (χ1n) is 5.03. The van der Waals surface area contributed by atoms with Gasteiger partial charge in [-0.25, -0.2) is 0 Å². The Hall–Kier alpha value is -1.48. The second-order valence-electron chi connectivity index (χ2n) is 3.53. The van der Waals surface area contributed by atoms with Crippen molar-refractivity contribution < 1.29 is 4.42 Å². The lowest BCUT2D eigenvalue weighted by molar-refractivity contribution is 0.534. The normalized spacial score (nSPS) is 13.9. The summed E-state index contributed by atoms with van der Waals surface area (Å²) in [5.74, 6) is 1.05. The summed E-state index contributed by atoms with van der Waals surface area (Å²) in [5.41, 5.74) is 2.05. The van der Waals surface area contributed by atoms with E-state index < -0.39 is 0 Å². The maximum absolute atomic E-state index is 5.91. The molecule has 0 unspecified atom stereocenters. The van der Waals surface area contributed by atoms with Crippen molar-refractivity contribution in [2.24, 2.45) is 0 Å². The van der Waals surface area contributed by atoms with E-state index in [0.717, 1.165) is 34.6 Å². The molecule has 1 aromatic carbocycles. The van der Waals surface area contributed by atoms with Gasteiger partial charge in [0.05, 0.1) is 10.4 Å². The van der Waals surface area contributed by atoms with Crippen LogP contribution >= 0.6 is 11.5 Å². The van der Waals surface area contributed by atoms with Gasteiger partial charge >= 0.3 is 0 Å². The zero-order chi connectivity index (χ0) is 10.1. The van der Waals surface area contributed by atoms with Crippen LogP contribution in [0.5, 0.6) is 0 Å². The van der Waals surface area contributed by atoms with E-state index >= 15 is 0 Å². The number of hydrogen-bond acceptors (Lipinski definition) is 2. The summed E-state index contributed by atoms with van der Waals surface area (Å²) >= 11 is 1.61. The quantitative estimate of drug-likeness (QED) is 0.712. The standard InChI is InChI=1S/C12H11NOS/c1-2-6-10-9(5-1)13-15-12-8-4-3-7-11(12)14-10/h1,3-5,7-8,13H,2,6H2. The van der Waals surface area contributed by atoms with Gasteiger partial charge < -0.3 is 8.79 Å². The van der Waals surface area contributed by atoms with Gasteiger partial charge in [0, 0.05) is 6.42 Å². The highest BCUT2D eigenvalue weighted by molar-refractivity contribution is 7.12. The third-order valence-corrected chi connectivity index (χ3v) is 3.36. The molecule has 0 fully saturated rings. The molecule has 0 saturated carbocycles. The molecule has 0 aliphatic heterocycles. The molecule has 1 heterocycles. The fraction of sp³-hybridized carbons (Fsp3) is 0.167. The van der Waals surface area contributed by atoms with E-state index in [0.29, 0.717) is 0 Å². The van der Waals surface area contributed by atoms with E-state index in [1.807, 2.05) is 18.2 Å². The van der Waals surface area contributed by atoms with Crippen molar-refractivity contribution in [3.05, 3.63) is 41.8 Å². The molecule has 0 radical (unpaired) electrons. The Balaban J connectivity index is 2.37. The van der Waals surface area contributed by atoms with Gasteiger partial charge in [0.1, 0.15) is 11.3 Å². The second kappa shape index (κ2) is 3.59. The molecule has 0 spiro atoms. The Labute approximate surface area is 91.7 Å². The number of aryl methyl sites for hydroxylation is 1. The number of benzene rings is 1. The Bertz CT molecular complexity index is 557. The van der Waals surface area contributed by atoms with E-state index in [9.17, 15) is 0 Å². The van der Waals surface area contributed by atoms with Crippen LogP contribution in [-0.2, 0) is 6.42 Å². The molecule has 3 rings (SSSR count). The molecule has 0 saturated heterocycles. The average Bonchev–Trinajstić information content (AvgIpc) is 2.48. The summed E-state index contributed by atoms with van der Waals surface area (Å²) in [7, 11) is 0. The molecule has 1 aliphatic rings. The van der Waals surface area contributed by atoms with Crippen LogP contribution in [0.1, 0.15) is 17.9 Å². The number of hydrogen-bond donors (Lipinski definition) is 1. The highest BCUT2D eigenvalue weighted by atomic mass is 32.1. The van der Waals surface area contributed by atoms with Gasteiger partial charge in [-0.05, 0) is 24.6 Å². The topological polar surface area (TPSA) is 28.9 Å². The number of nitrogens with one attached hydrogen (secondary N) is 1. The highest BCUT2D eigenvalue weighted by Gasteiger charge is 2.06. The number of para-hydroxylation sites is 1. The molecule has 1 aromatic heterocycles. The lowest BCUT2D eigenvalue weighted by Crippen LogP contribution is -1.91. The van der Waals surface area contributed by atoms with Crippen LogP contribution in [0.25, 0.3) is 16.4 Å². The monoisotopic (exact) mass is 217 g/mol. The molecule has 3 heteroatoms. The zero-order valence-electron chi connectivity index (χ0n) is 8.19. The van der Waals surface area contributed by atoms with E-state index in [-0.39, 0.29) is 0 Å². The predicted octanol–water partition coefficient (Wildman–Crippen LogP) is 3.91. The van der Waals surface area contributed by atoms with E-state index in [1.165, 1.54) is 0 Å². The van der Waals surface area contributed by atoms with Crippen molar-refractivity contribution in [2.45, 2.75) is 12.8 Å². The summed E-state index contributed by atoms with van der Waals surface area (Å²) in [6.07, 6.45) is 6.31. The van der Waals surface area contributed by atoms with Crippen LogP contribution in [0.2, 0.25) is 0 Å². The van der Waals surface area contributed by atoms with Crippen LogP contribution in [0, 0.1) is 0 Å². The summed E-state index contributed by atoms with van der Waals surface area (Å²) < 4.78 is 10.4. The third-order valence-electron chi connectivity index (χ3n) is 2.48. The molecular weight excluding hydrogens is 206 g/mol. The third kappa shape index (κ3) is 1.59. The van der Waals surface area contributed by atoms with Crippen molar-refractivity contribution in [1.82, 2.24) is 4.37 Å². The van der Waals surface area contributed by atoms with Gasteiger partial charge in [-0.15, -0.1) is 0 Å². The maximum atomic E-state index is 5.91. The van der Waals surface area contributed by atoms with Gasteiger partial charge in [-0.2, -0.15) is 0 Å². The lowest BCUT2D eigenvalue weighted by Gasteiger charge is -2.03. The van der Waals surface area contributed by atoms with E-state index in [4.69, 9.17) is 4.42 Å². The molecule has 1 N–H and O–H groups in total.